The zero-order chi connectivity index (χ0) is 18.1. The first-order chi connectivity index (χ1) is 12.0. The number of aliphatic imine (C=N–C) groups is 1. The van der Waals surface area contributed by atoms with Crippen LogP contribution in [0.1, 0.15) is 6.92 Å². The number of sulfone groups is 1. The maximum atomic E-state index is 12.1. The lowest BCUT2D eigenvalue weighted by atomic mass is 10.4. The molecule has 0 aliphatic carbocycles. The molecule has 2 aromatic heterocycles. The van der Waals surface area contributed by atoms with Crippen molar-refractivity contribution in [3.63, 3.8) is 0 Å². The van der Waals surface area contributed by atoms with Crippen molar-refractivity contribution in [2.75, 3.05) is 25.4 Å². The molecule has 0 fully saturated rings. The van der Waals surface area contributed by atoms with Crippen molar-refractivity contribution in [3.05, 3.63) is 42.0 Å². The average molecular weight is 512 g/mol. The van der Waals surface area contributed by atoms with E-state index in [1.807, 2.05) is 36.0 Å². The maximum absolute atomic E-state index is 12.1. The van der Waals surface area contributed by atoms with Gasteiger partial charge in [0.25, 0.3) is 0 Å². The van der Waals surface area contributed by atoms with E-state index in [9.17, 15) is 13.5 Å². The van der Waals surface area contributed by atoms with Crippen molar-refractivity contribution in [1.82, 2.24) is 15.2 Å². The van der Waals surface area contributed by atoms with Crippen LogP contribution >= 0.6 is 35.3 Å². The van der Waals surface area contributed by atoms with E-state index in [2.05, 4.69) is 15.6 Å². The number of aromatic nitrogens is 1. The molecule has 2 rings (SSSR count). The topological polar surface area (TPSA) is 95.7 Å². The lowest BCUT2D eigenvalue weighted by molar-refractivity contribution is 0.206. The Morgan fingerprint density at radius 2 is 2.04 bits per heavy atom. The van der Waals surface area contributed by atoms with Gasteiger partial charge in [0.1, 0.15) is 4.21 Å². The van der Waals surface area contributed by atoms with Crippen LogP contribution in [-0.2, 0) is 16.4 Å². The summed E-state index contributed by atoms with van der Waals surface area (Å²) in [5.74, 6) is 0.224. The van der Waals surface area contributed by atoms with Gasteiger partial charge in [-0.2, -0.15) is 0 Å². The van der Waals surface area contributed by atoms with Crippen molar-refractivity contribution < 1.29 is 13.5 Å². The van der Waals surface area contributed by atoms with Crippen LogP contribution < -0.4 is 10.6 Å². The van der Waals surface area contributed by atoms with Crippen LogP contribution in [0.2, 0.25) is 0 Å². The number of rotatable bonds is 9. The number of nitrogens with zero attached hydrogens (tertiary/aromatic N) is 2. The van der Waals surface area contributed by atoms with Crippen LogP contribution in [-0.4, -0.2) is 55.5 Å². The molecule has 0 aliphatic rings. The number of halogens is 1. The van der Waals surface area contributed by atoms with Crippen LogP contribution in [0.15, 0.2) is 51.2 Å². The zero-order valence-corrected chi connectivity index (χ0v) is 18.5. The lowest BCUT2D eigenvalue weighted by Gasteiger charge is -2.13. The van der Waals surface area contributed by atoms with Crippen LogP contribution in [0.3, 0.4) is 0 Å². The van der Waals surface area contributed by atoms with E-state index in [0.717, 1.165) is 17.9 Å². The first kappa shape index (κ1) is 22.9. The molecule has 10 heteroatoms. The van der Waals surface area contributed by atoms with E-state index in [1.165, 1.54) is 0 Å². The summed E-state index contributed by atoms with van der Waals surface area (Å²) in [7, 11) is -3.47. The molecular formula is C16H25IN4O3S2. The van der Waals surface area contributed by atoms with E-state index in [1.54, 1.807) is 17.5 Å². The standard InChI is InChI=1S/C16H24N4O3S2.HI/c1-2-17-16(18-7-10-20-8-3-4-9-20)19-12-14(21)13-25(22,23)15-6-5-11-24-15;/h3-6,8-9,11,14,21H,2,7,10,12-13H2,1H3,(H2,17,18,19);1H. The third kappa shape index (κ3) is 7.64. The minimum Gasteiger partial charge on any atom is -0.390 e. The summed E-state index contributed by atoms with van der Waals surface area (Å²) in [5.41, 5.74) is 0. The van der Waals surface area contributed by atoms with Gasteiger partial charge < -0.3 is 20.3 Å². The predicted octanol–water partition coefficient (Wildman–Crippen LogP) is 1.56. The highest BCUT2D eigenvalue weighted by atomic mass is 127. The van der Waals surface area contributed by atoms with Gasteiger partial charge in [0, 0.05) is 32.0 Å². The summed E-state index contributed by atoms with van der Waals surface area (Å²) < 4.78 is 26.6. The fourth-order valence-corrected chi connectivity index (χ4v) is 4.66. The van der Waals surface area contributed by atoms with E-state index >= 15 is 0 Å². The molecule has 3 N–H and O–H groups in total. The van der Waals surface area contributed by atoms with E-state index in [0.29, 0.717) is 19.0 Å². The minimum atomic E-state index is -3.47. The molecule has 0 radical (unpaired) electrons. The molecule has 146 valence electrons. The fraction of sp³-hybridized carbons (Fsp3) is 0.438. The summed E-state index contributed by atoms with van der Waals surface area (Å²) in [6.07, 6.45) is 2.91. The molecule has 2 heterocycles. The van der Waals surface area contributed by atoms with E-state index in [4.69, 9.17) is 0 Å². The van der Waals surface area contributed by atoms with Gasteiger partial charge in [-0.05, 0) is 30.5 Å². The summed E-state index contributed by atoms with van der Waals surface area (Å²) in [4.78, 5) is 4.27. The van der Waals surface area contributed by atoms with Crippen LogP contribution in [0.5, 0.6) is 0 Å². The molecule has 1 unspecified atom stereocenters. The first-order valence-electron chi connectivity index (χ1n) is 8.08. The molecule has 0 spiro atoms. The highest BCUT2D eigenvalue weighted by molar-refractivity contribution is 14.0. The van der Waals surface area contributed by atoms with Gasteiger partial charge in [-0.3, -0.25) is 4.99 Å². The first-order valence-corrected chi connectivity index (χ1v) is 10.6. The second kappa shape index (κ2) is 11.6. The molecule has 26 heavy (non-hydrogen) atoms. The lowest BCUT2D eigenvalue weighted by Crippen LogP contribution is -2.39. The van der Waals surface area contributed by atoms with Crippen LogP contribution in [0.25, 0.3) is 0 Å². The smallest absolute Gasteiger partial charge is 0.191 e. The Balaban J connectivity index is 0.00000338. The zero-order valence-electron chi connectivity index (χ0n) is 14.5. The van der Waals surface area contributed by atoms with Gasteiger partial charge in [0.2, 0.25) is 0 Å². The van der Waals surface area contributed by atoms with Crippen molar-refractivity contribution in [3.8, 4) is 0 Å². The van der Waals surface area contributed by atoms with Gasteiger partial charge in [0.05, 0.1) is 18.4 Å². The second-order valence-electron chi connectivity index (χ2n) is 5.43. The second-order valence-corrected chi connectivity index (χ2v) is 8.64. The molecule has 2 aromatic rings. The van der Waals surface area contributed by atoms with Crippen LogP contribution in [0, 0.1) is 0 Å². The summed E-state index contributed by atoms with van der Waals surface area (Å²) in [6, 6.07) is 7.15. The van der Waals surface area contributed by atoms with Crippen LogP contribution in [0.4, 0.5) is 0 Å². The summed E-state index contributed by atoms with van der Waals surface area (Å²) in [5, 5.41) is 18.0. The molecule has 0 aliphatic heterocycles. The Morgan fingerprint density at radius 1 is 1.31 bits per heavy atom. The minimum absolute atomic E-state index is 0. The third-order valence-corrected chi connectivity index (χ3v) is 6.63. The number of aliphatic hydroxyl groups is 1. The molecule has 0 saturated carbocycles. The number of aliphatic hydroxyl groups excluding tert-OH is 1. The van der Waals surface area contributed by atoms with Gasteiger partial charge >= 0.3 is 0 Å². The van der Waals surface area contributed by atoms with E-state index in [-0.39, 0.29) is 40.5 Å². The predicted molar refractivity (Wildman–Crippen MR) is 116 cm³/mol. The summed E-state index contributed by atoms with van der Waals surface area (Å²) in [6.45, 7) is 4.10. The van der Waals surface area contributed by atoms with Crippen molar-refractivity contribution >= 4 is 51.1 Å². The van der Waals surface area contributed by atoms with Crippen molar-refractivity contribution in [2.24, 2.45) is 4.99 Å². The average Bonchev–Trinajstić information content (AvgIpc) is 3.25. The molecule has 0 amide bonds. The normalized spacial score (nSPS) is 13.1. The van der Waals surface area contributed by atoms with E-state index < -0.39 is 15.9 Å². The van der Waals surface area contributed by atoms with Crippen molar-refractivity contribution in [2.45, 2.75) is 23.8 Å². The Bertz CT molecular complexity index is 747. The van der Waals surface area contributed by atoms with Gasteiger partial charge in [-0.1, -0.05) is 6.07 Å². The number of guanidine groups is 1. The highest BCUT2D eigenvalue weighted by Gasteiger charge is 2.20. The van der Waals surface area contributed by atoms with Gasteiger partial charge in [-0.25, -0.2) is 8.42 Å². The maximum Gasteiger partial charge on any atom is 0.191 e. The highest BCUT2D eigenvalue weighted by Crippen LogP contribution is 2.18. The molecule has 1 atom stereocenters. The fourth-order valence-electron chi connectivity index (χ4n) is 2.19. The SMILES string of the molecule is CCNC(=NCC(O)CS(=O)(=O)c1cccs1)NCCn1cccc1.I. The summed E-state index contributed by atoms with van der Waals surface area (Å²) >= 11 is 1.15. The van der Waals surface area contributed by atoms with Gasteiger partial charge in [0.15, 0.2) is 15.8 Å². The monoisotopic (exact) mass is 512 g/mol. The Labute approximate surface area is 175 Å². The molecule has 0 bridgehead atoms. The number of nitrogens with one attached hydrogen (secondary N) is 2. The Kier molecular flexibility index (Phi) is 10.2. The molecular weight excluding hydrogens is 487 g/mol. The largest absolute Gasteiger partial charge is 0.390 e. The molecule has 0 aromatic carbocycles. The Hall–Kier alpha value is -1.11. The quantitative estimate of drug-likeness (QED) is 0.269. The Morgan fingerprint density at radius 3 is 2.65 bits per heavy atom. The number of thiophene rings is 1. The van der Waals surface area contributed by atoms with Crippen molar-refractivity contribution in [1.29, 1.82) is 0 Å². The molecule has 0 saturated heterocycles. The number of hydrogen-bond acceptors (Lipinski definition) is 5. The third-order valence-electron chi connectivity index (χ3n) is 3.35. The number of hydrogen-bond donors (Lipinski definition) is 3. The molecule has 7 nitrogen and oxygen atoms in total. The van der Waals surface area contributed by atoms with Gasteiger partial charge in [-0.15, -0.1) is 35.3 Å².